The summed E-state index contributed by atoms with van der Waals surface area (Å²) in [7, 11) is 1.56. The Balaban J connectivity index is 1.44. The van der Waals surface area contributed by atoms with Gasteiger partial charge in [0.05, 0.1) is 25.0 Å². The van der Waals surface area contributed by atoms with Crippen LogP contribution in [0.1, 0.15) is 5.56 Å². The summed E-state index contributed by atoms with van der Waals surface area (Å²) in [5, 5.41) is 13.7. The molecule has 3 rings (SSSR count). The lowest BCUT2D eigenvalue weighted by atomic mass is 10.1. The maximum Gasteiger partial charge on any atom is 0.319 e. The van der Waals surface area contributed by atoms with Gasteiger partial charge in [-0.15, -0.1) is 10.2 Å². The molecule has 0 fully saturated rings. The average molecular weight is 378 g/mol. The van der Waals surface area contributed by atoms with Crippen LogP contribution in [0.3, 0.4) is 0 Å². The Morgan fingerprint density at radius 2 is 1.86 bits per heavy atom. The Morgan fingerprint density at radius 3 is 2.57 bits per heavy atom. The van der Waals surface area contributed by atoms with E-state index in [1.165, 1.54) is 0 Å². The first kappa shape index (κ1) is 19.2. The molecule has 2 aromatic carbocycles. The quantitative estimate of drug-likeness (QED) is 0.613. The van der Waals surface area contributed by atoms with E-state index in [0.717, 1.165) is 16.8 Å². The fraction of sp³-hybridized carbons (Fsp3) is 0.190. The fourth-order valence-corrected chi connectivity index (χ4v) is 2.57. The summed E-state index contributed by atoms with van der Waals surface area (Å²) >= 11 is 0. The Labute approximate surface area is 163 Å². The Morgan fingerprint density at radius 1 is 1.04 bits per heavy atom. The van der Waals surface area contributed by atoms with E-state index in [1.807, 2.05) is 61.5 Å². The highest BCUT2D eigenvalue weighted by Crippen LogP contribution is 2.24. The second-order valence-electron chi connectivity index (χ2n) is 6.06. The Bertz CT molecular complexity index is 915. The van der Waals surface area contributed by atoms with Crippen LogP contribution in [0, 0.1) is 6.92 Å². The molecule has 0 radical (unpaired) electrons. The summed E-state index contributed by atoms with van der Waals surface area (Å²) in [6, 6.07) is 18.6. The third-order valence-electron chi connectivity index (χ3n) is 3.95. The molecular weight excluding hydrogens is 356 g/mol. The molecule has 28 heavy (non-hydrogen) atoms. The van der Waals surface area contributed by atoms with E-state index in [4.69, 9.17) is 9.47 Å². The van der Waals surface area contributed by atoms with Gasteiger partial charge in [-0.05, 0) is 30.7 Å². The summed E-state index contributed by atoms with van der Waals surface area (Å²) in [4.78, 5) is 12.0. The smallest absolute Gasteiger partial charge is 0.319 e. The molecule has 0 aliphatic heterocycles. The van der Waals surface area contributed by atoms with Crippen LogP contribution >= 0.6 is 0 Å². The first-order chi connectivity index (χ1) is 13.7. The van der Waals surface area contributed by atoms with Crippen molar-refractivity contribution in [2.45, 2.75) is 6.92 Å². The minimum absolute atomic E-state index is 0.276. The number of ether oxygens (including phenoxy) is 2. The number of benzene rings is 2. The highest BCUT2D eigenvalue weighted by Gasteiger charge is 2.07. The van der Waals surface area contributed by atoms with Crippen LogP contribution in [0.15, 0.2) is 60.7 Å². The van der Waals surface area contributed by atoms with E-state index in [1.54, 1.807) is 13.2 Å². The zero-order chi connectivity index (χ0) is 19.8. The first-order valence-electron chi connectivity index (χ1n) is 8.87. The lowest BCUT2D eigenvalue weighted by Crippen LogP contribution is -2.32. The number of rotatable bonds is 7. The third-order valence-corrected chi connectivity index (χ3v) is 3.95. The van der Waals surface area contributed by atoms with Gasteiger partial charge in [0.1, 0.15) is 12.4 Å². The van der Waals surface area contributed by atoms with Gasteiger partial charge in [-0.1, -0.05) is 36.4 Å². The molecule has 1 aromatic heterocycles. The molecule has 144 valence electrons. The number of carbonyl (C=O) groups is 1. The van der Waals surface area contributed by atoms with Crippen LogP contribution in [0.5, 0.6) is 11.6 Å². The fourth-order valence-electron chi connectivity index (χ4n) is 2.57. The average Bonchev–Trinajstić information content (AvgIpc) is 2.72. The SMILES string of the molecule is COc1ccc(C)cc1NC(=O)NCCOc1ccc(-c2ccccc2)nn1. The van der Waals surface area contributed by atoms with Crippen molar-refractivity contribution in [3.05, 3.63) is 66.2 Å². The molecule has 0 atom stereocenters. The Hall–Kier alpha value is -3.61. The molecule has 3 aromatic rings. The van der Waals surface area contributed by atoms with Crippen molar-refractivity contribution in [2.24, 2.45) is 0 Å². The van der Waals surface area contributed by atoms with E-state index >= 15 is 0 Å². The number of aryl methyl sites for hydroxylation is 1. The number of aromatic nitrogens is 2. The molecule has 1 heterocycles. The zero-order valence-corrected chi connectivity index (χ0v) is 15.8. The Kier molecular flexibility index (Phi) is 6.41. The number of carbonyl (C=O) groups excluding carboxylic acids is 1. The van der Waals surface area contributed by atoms with Gasteiger partial charge in [-0.2, -0.15) is 0 Å². The summed E-state index contributed by atoms with van der Waals surface area (Å²) in [6.07, 6.45) is 0. The van der Waals surface area contributed by atoms with Crippen molar-refractivity contribution in [1.82, 2.24) is 15.5 Å². The zero-order valence-electron chi connectivity index (χ0n) is 15.8. The molecule has 7 heteroatoms. The van der Waals surface area contributed by atoms with E-state index < -0.39 is 0 Å². The number of nitrogens with one attached hydrogen (secondary N) is 2. The van der Waals surface area contributed by atoms with Crippen LogP contribution in [-0.4, -0.2) is 36.5 Å². The maximum absolute atomic E-state index is 12.0. The highest BCUT2D eigenvalue weighted by atomic mass is 16.5. The summed E-state index contributed by atoms with van der Waals surface area (Å²) in [6.45, 7) is 2.54. The van der Waals surface area contributed by atoms with Gasteiger partial charge < -0.3 is 20.1 Å². The van der Waals surface area contributed by atoms with Crippen LogP contribution in [0.2, 0.25) is 0 Å². The van der Waals surface area contributed by atoms with E-state index in [2.05, 4.69) is 20.8 Å². The molecule has 0 unspecified atom stereocenters. The first-order valence-corrected chi connectivity index (χ1v) is 8.87. The minimum Gasteiger partial charge on any atom is -0.495 e. The second-order valence-corrected chi connectivity index (χ2v) is 6.06. The number of hydrogen-bond acceptors (Lipinski definition) is 5. The molecule has 0 saturated carbocycles. The standard InChI is InChI=1S/C21H22N4O3/c1-15-8-10-19(27-2)18(14-15)23-21(26)22-12-13-28-20-11-9-17(24-25-20)16-6-4-3-5-7-16/h3-11,14H,12-13H2,1-2H3,(H2,22,23,26). The topological polar surface area (TPSA) is 85.4 Å². The molecule has 0 saturated heterocycles. The predicted octanol–water partition coefficient (Wildman–Crippen LogP) is 3.66. The number of nitrogens with zero attached hydrogens (tertiary/aromatic N) is 2. The molecule has 7 nitrogen and oxygen atoms in total. The number of hydrogen-bond donors (Lipinski definition) is 2. The monoisotopic (exact) mass is 378 g/mol. The van der Waals surface area contributed by atoms with Crippen molar-refractivity contribution in [3.63, 3.8) is 0 Å². The number of methoxy groups -OCH3 is 1. The minimum atomic E-state index is -0.335. The second kappa shape index (κ2) is 9.36. The molecule has 0 aliphatic carbocycles. The van der Waals surface area contributed by atoms with Crippen LogP contribution in [-0.2, 0) is 0 Å². The third kappa shape index (κ3) is 5.20. The molecular formula is C21H22N4O3. The molecule has 0 spiro atoms. The normalized spacial score (nSPS) is 10.2. The summed E-state index contributed by atoms with van der Waals surface area (Å²) in [5.74, 6) is 1.01. The lowest BCUT2D eigenvalue weighted by molar-refractivity contribution is 0.246. The van der Waals surface area contributed by atoms with Gasteiger partial charge in [0.15, 0.2) is 0 Å². The molecule has 2 amide bonds. The van der Waals surface area contributed by atoms with Crippen LogP contribution in [0.25, 0.3) is 11.3 Å². The van der Waals surface area contributed by atoms with Gasteiger partial charge >= 0.3 is 6.03 Å². The van der Waals surface area contributed by atoms with Crippen molar-refractivity contribution < 1.29 is 14.3 Å². The number of anilines is 1. The van der Waals surface area contributed by atoms with Crippen molar-refractivity contribution in [3.8, 4) is 22.9 Å². The summed E-state index contributed by atoms with van der Waals surface area (Å²) < 4.78 is 10.8. The van der Waals surface area contributed by atoms with E-state index in [-0.39, 0.29) is 12.6 Å². The van der Waals surface area contributed by atoms with Gasteiger partial charge in [0.2, 0.25) is 5.88 Å². The largest absolute Gasteiger partial charge is 0.495 e. The van der Waals surface area contributed by atoms with Crippen molar-refractivity contribution in [1.29, 1.82) is 0 Å². The van der Waals surface area contributed by atoms with Gasteiger partial charge in [-0.3, -0.25) is 0 Å². The molecule has 0 bridgehead atoms. The molecule has 0 aliphatic rings. The van der Waals surface area contributed by atoms with Gasteiger partial charge in [0.25, 0.3) is 0 Å². The van der Waals surface area contributed by atoms with Crippen molar-refractivity contribution >= 4 is 11.7 Å². The van der Waals surface area contributed by atoms with Crippen LogP contribution < -0.4 is 20.1 Å². The van der Waals surface area contributed by atoms with E-state index in [0.29, 0.717) is 23.9 Å². The molecule has 2 N–H and O–H groups in total. The number of amides is 2. The van der Waals surface area contributed by atoms with Crippen molar-refractivity contribution in [2.75, 3.05) is 25.6 Å². The highest BCUT2D eigenvalue weighted by molar-refractivity contribution is 5.91. The van der Waals surface area contributed by atoms with Gasteiger partial charge in [-0.25, -0.2) is 4.79 Å². The predicted molar refractivity (Wildman–Crippen MR) is 108 cm³/mol. The van der Waals surface area contributed by atoms with Crippen LogP contribution in [0.4, 0.5) is 10.5 Å². The van der Waals surface area contributed by atoms with E-state index in [9.17, 15) is 4.79 Å². The lowest BCUT2D eigenvalue weighted by Gasteiger charge is -2.12. The number of urea groups is 1. The summed E-state index contributed by atoms with van der Waals surface area (Å²) in [5.41, 5.74) is 3.41. The van der Waals surface area contributed by atoms with Gasteiger partial charge in [0, 0.05) is 11.6 Å². The maximum atomic E-state index is 12.0.